The molecule has 6 heteroatoms. The largest absolute Gasteiger partial charge is 0.368 e. The van der Waals surface area contributed by atoms with Gasteiger partial charge >= 0.3 is 0 Å². The van der Waals surface area contributed by atoms with Gasteiger partial charge in [0.05, 0.1) is 17.3 Å². The molecule has 1 aromatic rings. The van der Waals surface area contributed by atoms with Crippen molar-refractivity contribution >= 4 is 42.1 Å². The predicted octanol–water partition coefficient (Wildman–Crippen LogP) is 3.08. The molecule has 1 amide bonds. The summed E-state index contributed by atoms with van der Waals surface area (Å²) >= 11 is 0. The van der Waals surface area contributed by atoms with Crippen molar-refractivity contribution in [2.24, 2.45) is 17.6 Å². The van der Waals surface area contributed by atoms with Gasteiger partial charge in [-0.1, -0.05) is 19.1 Å². The van der Waals surface area contributed by atoms with Gasteiger partial charge in [0.25, 0.3) is 0 Å². The molecule has 130 valence electrons. The maximum absolute atomic E-state index is 12.7. The number of fused-ring (bicyclic) bond motifs is 1. The topological polar surface area (TPSA) is 49.6 Å². The molecule has 23 heavy (non-hydrogen) atoms. The number of rotatable bonds is 4. The quantitative estimate of drug-likeness (QED) is 0.898. The van der Waals surface area contributed by atoms with Gasteiger partial charge in [-0.15, -0.1) is 24.8 Å². The van der Waals surface area contributed by atoms with Gasteiger partial charge in [-0.3, -0.25) is 4.79 Å². The van der Waals surface area contributed by atoms with Crippen LogP contribution in [0, 0.1) is 11.8 Å². The van der Waals surface area contributed by atoms with Crippen LogP contribution in [0.4, 0.5) is 11.4 Å². The van der Waals surface area contributed by atoms with Crippen molar-refractivity contribution in [2.75, 3.05) is 29.4 Å². The zero-order valence-corrected chi connectivity index (χ0v) is 15.4. The monoisotopic (exact) mass is 359 g/mol. The molecule has 0 saturated heterocycles. The number of hydrogen-bond acceptors (Lipinski definition) is 3. The van der Waals surface area contributed by atoms with Crippen LogP contribution in [0.1, 0.15) is 26.7 Å². The highest BCUT2D eigenvalue weighted by Crippen LogP contribution is 2.37. The van der Waals surface area contributed by atoms with Gasteiger partial charge in [0, 0.05) is 25.7 Å². The van der Waals surface area contributed by atoms with E-state index in [0.717, 1.165) is 31.2 Å². The van der Waals surface area contributed by atoms with E-state index < -0.39 is 0 Å². The standard InChI is InChI=1S/C17H25N3O.2ClH/c1-12(13(2)18)17(21)20-10-9-19(11-14-7-8-14)15-5-3-4-6-16(15)20;;/h3-6,12-14H,7-11,18H2,1-2H3;2*1H. The van der Waals surface area contributed by atoms with Crippen molar-refractivity contribution < 1.29 is 4.79 Å². The van der Waals surface area contributed by atoms with Crippen LogP contribution in [0.25, 0.3) is 0 Å². The van der Waals surface area contributed by atoms with Crippen molar-refractivity contribution in [3.8, 4) is 0 Å². The van der Waals surface area contributed by atoms with E-state index in [9.17, 15) is 4.79 Å². The van der Waals surface area contributed by atoms with E-state index in [1.807, 2.05) is 24.8 Å². The van der Waals surface area contributed by atoms with Gasteiger partial charge in [-0.25, -0.2) is 0 Å². The fourth-order valence-corrected chi connectivity index (χ4v) is 2.92. The Morgan fingerprint density at radius 2 is 1.78 bits per heavy atom. The minimum atomic E-state index is -0.145. The Labute approximate surface area is 151 Å². The van der Waals surface area contributed by atoms with E-state index in [-0.39, 0.29) is 42.7 Å². The first-order chi connectivity index (χ1) is 10.1. The normalized spacial score (nSPS) is 19.1. The fourth-order valence-electron chi connectivity index (χ4n) is 2.92. The lowest BCUT2D eigenvalue weighted by Crippen LogP contribution is -2.48. The average Bonchev–Trinajstić information content (AvgIpc) is 3.30. The minimum Gasteiger partial charge on any atom is -0.368 e. The highest BCUT2D eigenvalue weighted by molar-refractivity contribution is 5.99. The molecule has 2 N–H and O–H groups in total. The summed E-state index contributed by atoms with van der Waals surface area (Å²) in [5.74, 6) is 0.847. The van der Waals surface area contributed by atoms with Crippen LogP contribution in [0.3, 0.4) is 0 Å². The molecule has 2 unspecified atom stereocenters. The van der Waals surface area contributed by atoms with Gasteiger partial charge in [-0.05, 0) is 37.8 Å². The molecule has 1 aromatic carbocycles. The van der Waals surface area contributed by atoms with E-state index >= 15 is 0 Å². The lowest BCUT2D eigenvalue weighted by atomic mass is 10.0. The summed E-state index contributed by atoms with van der Waals surface area (Å²) in [6.07, 6.45) is 2.70. The maximum atomic E-state index is 12.7. The number of carbonyl (C=O) groups is 1. The molecule has 0 bridgehead atoms. The second kappa shape index (κ2) is 8.22. The fraction of sp³-hybridized carbons (Fsp3) is 0.588. The van der Waals surface area contributed by atoms with E-state index in [4.69, 9.17) is 5.73 Å². The van der Waals surface area contributed by atoms with E-state index in [1.165, 1.54) is 18.5 Å². The number of amides is 1. The van der Waals surface area contributed by atoms with Crippen molar-refractivity contribution in [1.29, 1.82) is 0 Å². The summed E-state index contributed by atoms with van der Waals surface area (Å²) in [4.78, 5) is 17.0. The summed E-state index contributed by atoms with van der Waals surface area (Å²) in [7, 11) is 0. The minimum absolute atomic E-state index is 0. The summed E-state index contributed by atoms with van der Waals surface area (Å²) in [5, 5.41) is 0. The zero-order chi connectivity index (χ0) is 15.0. The lowest BCUT2D eigenvalue weighted by Gasteiger charge is -2.39. The van der Waals surface area contributed by atoms with Gasteiger partial charge in [0.1, 0.15) is 0 Å². The van der Waals surface area contributed by atoms with Gasteiger partial charge in [-0.2, -0.15) is 0 Å². The van der Waals surface area contributed by atoms with Crippen LogP contribution in [0.5, 0.6) is 0 Å². The summed E-state index contributed by atoms with van der Waals surface area (Å²) in [5.41, 5.74) is 8.15. The van der Waals surface area contributed by atoms with Crippen LogP contribution in [-0.2, 0) is 4.79 Å². The molecule has 2 aliphatic rings. The van der Waals surface area contributed by atoms with Gasteiger partial charge in [0.2, 0.25) is 5.91 Å². The third kappa shape index (κ3) is 4.31. The molecule has 1 heterocycles. The first kappa shape index (κ1) is 20.1. The first-order valence-electron chi connectivity index (χ1n) is 7.99. The number of para-hydroxylation sites is 2. The molecule has 1 aliphatic carbocycles. The smallest absolute Gasteiger partial charge is 0.231 e. The Hall–Kier alpha value is -0.970. The Balaban J connectivity index is 0.00000132. The molecule has 1 aliphatic heterocycles. The molecule has 4 nitrogen and oxygen atoms in total. The van der Waals surface area contributed by atoms with Crippen LogP contribution in [0.2, 0.25) is 0 Å². The SMILES string of the molecule is CC(N)C(C)C(=O)N1CCN(CC2CC2)c2ccccc21.Cl.Cl. The lowest BCUT2D eigenvalue weighted by molar-refractivity contribution is -0.122. The number of anilines is 2. The van der Waals surface area contributed by atoms with Gasteiger partial charge in [0.15, 0.2) is 0 Å². The van der Waals surface area contributed by atoms with E-state index in [1.54, 1.807) is 0 Å². The molecule has 3 rings (SSSR count). The van der Waals surface area contributed by atoms with Crippen LogP contribution < -0.4 is 15.5 Å². The van der Waals surface area contributed by atoms with Crippen LogP contribution in [0.15, 0.2) is 24.3 Å². The molecule has 0 aromatic heterocycles. The van der Waals surface area contributed by atoms with Crippen LogP contribution >= 0.6 is 24.8 Å². The number of halogens is 2. The molecule has 1 saturated carbocycles. The van der Waals surface area contributed by atoms with Crippen molar-refractivity contribution in [3.63, 3.8) is 0 Å². The van der Waals surface area contributed by atoms with Gasteiger partial charge < -0.3 is 15.5 Å². The third-order valence-electron chi connectivity index (χ3n) is 4.73. The predicted molar refractivity (Wildman–Crippen MR) is 101 cm³/mol. The Morgan fingerprint density at radius 3 is 2.35 bits per heavy atom. The highest BCUT2D eigenvalue weighted by Gasteiger charge is 2.32. The maximum Gasteiger partial charge on any atom is 0.231 e. The van der Waals surface area contributed by atoms with Crippen molar-refractivity contribution in [2.45, 2.75) is 32.7 Å². The van der Waals surface area contributed by atoms with Crippen LogP contribution in [-0.4, -0.2) is 31.6 Å². The van der Waals surface area contributed by atoms with Crippen molar-refractivity contribution in [3.05, 3.63) is 24.3 Å². The second-order valence-corrected chi connectivity index (χ2v) is 6.52. The number of carbonyl (C=O) groups excluding carboxylic acids is 1. The molecule has 1 fully saturated rings. The average molecular weight is 360 g/mol. The third-order valence-corrected chi connectivity index (χ3v) is 4.73. The molecular weight excluding hydrogens is 333 g/mol. The number of nitrogens with two attached hydrogens (primary N) is 1. The first-order valence-corrected chi connectivity index (χ1v) is 7.99. The second-order valence-electron chi connectivity index (χ2n) is 6.52. The zero-order valence-electron chi connectivity index (χ0n) is 13.8. The summed E-state index contributed by atoms with van der Waals surface area (Å²) in [6.45, 7) is 6.64. The molecule has 0 radical (unpaired) electrons. The molecule has 0 spiro atoms. The number of hydrogen-bond donors (Lipinski definition) is 1. The molecule has 2 atom stereocenters. The highest BCUT2D eigenvalue weighted by atomic mass is 35.5. The van der Waals surface area contributed by atoms with E-state index in [0.29, 0.717) is 0 Å². The Morgan fingerprint density at radius 1 is 1.17 bits per heavy atom. The van der Waals surface area contributed by atoms with Crippen molar-refractivity contribution in [1.82, 2.24) is 0 Å². The number of nitrogens with zero attached hydrogens (tertiary/aromatic N) is 2. The Bertz CT molecular complexity index is 534. The Kier molecular flexibility index (Phi) is 7.18. The summed E-state index contributed by atoms with van der Waals surface area (Å²) < 4.78 is 0. The molecular formula is C17H27Cl2N3O. The summed E-state index contributed by atoms with van der Waals surface area (Å²) in [6, 6.07) is 8.14. The van der Waals surface area contributed by atoms with E-state index in [2.05, 4.69) is 23.1 Å². The number of benzene rings is 1.